The van der Waals surface area contributed by atoms with Gasteiger partial charge in [0.05, 0.1) is 16.9 Å². The van der Waals surface area contributed by atoms with E-state index in [1.807, 2.05) is 12.3 Å². The summed E-state index contributed by atoms with van der Waals surface area (Å²) in [6.45, 7) is 2.03. The minimum absolute atomic E-state index is 0.392. The maximum absolute atomic E-state index is 13.1. The van der Waals surface area contributed by atoms with Gasteiger partial charge in [0, 0.05) is 29.8 Å². The van der Waals surface area contributed by atoms with Crippen molar-refractivity contribution >= 4 is 33.9 Å². The average Bonchev–Trinajstić information content (AvgIpc) is 3.21. The van der Waals surface area contributed by atoms with Gasteiger partial charge in [-0.3, -0.25) is 4.79 Å². The van der Waals surface area contributed by atoms with Gasteiger partial charge in [-0.05, 0) is 44.1 Å². The van der Waals surface area contributed by atoms with Crippen LogP contribution in [0.25, 0.3) is 11.3 Å². The first-order valence-electron chi connectivity index (χ1n) is 10.5. The molecule has 1 amide bonds. The van der Waals surface area contributed by atoms with Gasteiger partial charge in [0.25, 0.3) is 5.92 Å². The smallest absolute Gasteiger partial charge is 0.260 e. The number of carbonyl (C=O) groups is 1. The third-order valence-corrected chi connectivity index (χ3v) is 6.75. The number of rotatable bonds is 6. The van der Waals surface area contributed by atoms with Crippen LogP contribution in [-0.4, -0.2) is 39.9 Å². The minimum Gasteiger partial charge on any atom is -0.326 e. The Balaban J connectivity index is 1.28. The summed E-state index contributed by atoms with van der Waals surface area (Å²) in [5.74, 6) is -3.87. The molecule has 166 valence electrons. The van der Waals surface area contributed by atoms with Crippen molar-refractivity contribution in [1.82, 2.24) is 20.3 Å². The van der Waals surface area contributed by atoms with E-state index in [1.54, 1.807) is 41.8 Å². The number of alkyl halides is 2. The molecule has 3 N–H and O–H groups in total. The van der Waals surface area contributed by atoms with E-state index < -0.39 is 24.2 Å². The monoisotopic (exact) mass is 456 g/mol. The molecule has 3 heterocycles. The molecule has 1 saturated carbocycles. The molecule has 0 unspecified atom stereocenters. The van der Waals surface area contributed by atoms with Gasteiger partial charge in [0.1, 0.15) is 10.9 Å². The lowest BCUT2D eigenvalue weighted by molar-refractivity contribution is -0.119. The van der Waals surface area contributed by atoms with E-state index in [4.69, 9.17) is 0 Å². The Bertz CT molecular complexity index is 1130. The standard InChI is InChI=1S/C22H22F2N6OS/c23-22(24)11-16(22)19(31)28-15-3-1-2-14(10-15)17-6-9-26-21(29-17)30-18-12-27-20(32-18)13-4-7-25-8-5-13/h1-3,6,9-10,12-13,16,25H,4-5,7-8,11H2,(H,28,31)(H,26,29,30)/t16-/m0/s1. The van der Waals surface area contributed by atoms with Crippen LogP contribution in [0.15, 0.2) is 42.7 Å². The fraction of sp³-hybridized carbons (Fsp3) is 0.364. The quantitative estimate of drug-likeness (QED) is 0.509. The lowest BCUT2D eigenvalue weighted by Gasteiger charge is -2.20. The molecule has 10 heteroatoms. The number of benzene rings is 1. The van der Waals surface area contributed by atoms with Crippen LogP contribution in [-0.2, 0) is 4.79 Å². The Morgan fingerprint density at radius 1 is 1.19 bits per heavy atom. The predicted molar refractivity (Wildman–Crippen MR) is 119 cm³/mol. The lowest BCUT2D eigenvalue weighted by atomic mass is 9.99. The minimum atomic E-state index is -2.89. The van der Waals surface area contributed by atoms with Crippen molar-refractivity contribution in [3.8, 4) is 11.3 Å². The van der Waals surface area contributed by atoms with Crippen LogP contribution >= 0.6 is 11.3 Å². The molecule has 7 nitrogen and oxygen atoms in total. The van der Waals surface area contributed by atoms with E-state index in [0.29, 0.717) is 23.2 Å². The van der Waals surface area contributed by atoms with E-state index in [1.165, 1.54) is 0 Å². The van der Waals surface area contributed by atoms with E-state index in [0.717, 1.165) is 41.5 Å². The Morgan fingerprint density at radius 3 is 2.78 bits per heavy atom. The summed E-state index contributed by atoms with van der Waals surface area (Å²) in [5, 5.41) is 11.1. The number of halogens is 2. The number of aromatic nitrogens is 3. The summed E-state index contributed by atoms with van der Waals surface area (Å²) >= 11 is 1.61. The van der Waals surface area contributed by atoms with Gasteiger partial charge in [-0.2, -0.15) is 0 Å². The Kier molecular flexibility index (Phi) is 5.56. The normalized spacial score (nSPS) is 20.0. The van der Waals surface area contributed by atoms with Gasteiger partial charge in [-0.15, -0.1) is 11.3 Å². The summed E-state index contributed by atoms with van der Waals surface area (Å²) < 4.78 is 26.3. The van der Waals surface area contributed by atoms with Crippen molar-refractivity contribution in [1.29, 1.82) is 0 Å². The first-order chi connectivity index (χ1) is 15.5. The molecule has 5 rings (SSSR count). The molecule has 0 radical (unpaired) electrons. The molecule has 1 saturated heterocycles. The molecule has 2 aliphatic rings. The average molecular weight is 457 g/mol. The van der Waals surface area contributed by atoms with Crippen molar-refractivity contribution in [3.05, 3.63) is 47.7 Å². The maximum Gasteiger partial charge on any atom is 0.260 e. The number of hydrogen-bond acceptors (Lipinski definition) is 7. The number of hydrogen-bond donors (Lipinski definition) is 3. The first-order valence-corrected chi connectivity index (χ1v) is 11.4. The highest BCUT2D eigenvalue weighted by Crippen LogP contribution is 2.49. The second kappa shape index (κ2) is 8.51. The molecule has 1 aliphatic heterocycles. The van der Waals surface area contributed by atoms with Crippen molar-refractivity contribution in [3.63, 3.8) is 0 Å². The maximum atomic E-state index is 13.1. The number of anilines is 3. The van der Waals surface area contributed by atoms with E-state index in [9.17, 15) is 13.6 Å². The molecule has 3 aromatic rings. The number of piperidine rings is 1. The molecule has 0 bridgehead atoms. The summed E-state index contributed by atoms with van der Waals surface area (Å²) in [5.41, 5.74) is 1.85. The van der Waals surface area contributed by atoms with Crippen molar-refractivity contribution in [2.75, 3.05) is 23.7 Å². The van der Waals surface area contributed by atoms with Crippen LogP contribution in [0.1, 0.15) is 30.2 Å². The highest BCUT2D eigenvalue weighted by atomic mass is 32.1. The zero-order valence-corrected chi connectivity index (χ0v) is 18.0. The van der Waals surface area contributed by atoms with E-state index in [2.05, 4.69) is 30.9 Å². The van der Waals surface area contributed by atoms with Crippen LogP contribution in [0.5, 0.6) is 0 Å². The number of nitrogens with one attached hydrogen (secondary N) is 3. The molecule has 1 atom stereocenters. The van der Waals surface area contributed by atoms with Crippen LogP contribution < -0.4 is 16.0 Å². The summed E-state index contributed by atoms with van der Waals surface area (Å²) in [6, 6.07) is 8.73. The van der Waals surface area contributed by atoms with Gasteiger partial charge in [0.2, 0.25) is 11.9 Å². The molecule has 2 aromatic heterocycles. The fourth-order valence-corrected chi connectivity index (χ4v) is 4.76. The Hall–Kier alpha value is -2.98. The molecule has 1 aromatic carbocycles. The molecule has 2 fully saturated rings. The van der Waals surface area contributed by atoms with Crippen LogP contribution in [0.4, 0.5) is 25.4 Å². The summed E-state index contributed by atoms with van der Waals surface area (Å²) in [7, 11) is 0. The molecular formula is C22H22F2N6OS. The van der Waals surface area contributed by atoms with Gasteiger partial charge in [0.15, 0.2) is 0 Å². The lowest BCUT2D eigenvalue weighted by Crippen LogP contribution is -2.26. The topological polar surface area (TPSA) is 91.8 Å². The third kappa shape index (κ3) is 4.61. The second-order valence-electron chi connectivity index (χ2n) is 8.07. The second-order valence-corrected chi connectivity index (χ2v) is 9.13. The van der Waals surface area contributed by atoms with Crippen molar-refractivity contribution in [2.45, 2.75) is 31.1 Å². The Labute approximate surface area is 187 Å². The molecule has 32 heavy (non-hydrogen) atoms. The van der Waals surface area contributed by atoms with Crippen molar-refractivity contribution < 1.29 is 13.6 Å². The number of nitrogens with zero attached hydrogens (tertiary/aromatic N) is 3. The summed E-state index contributed by atoms with van der Waals surface area (Å²) in [4.78, 5) is 25.4. The molecular weight excluding hydrogens is 434 g/mol. The van der Waals surface area contributed by atoms with Gasteiger partial charge >= 0.3 is 0 Å². The fourth-order valence-electron chi connectivity index (χ4n) is 3.78. The van der Waals surface area contributed by atoms with Gasteiger partial charge < -0.3 is 16.0 Å². The molecule has 1 aliphatic carbocycles. The largest absolute Gasteiger partial charge is 0.326 e. The zero-order chi connectivity index (χ0) is 22.1. The van der Waals surface area contributed by atoms with E-state index >= 15 is 0 Å². The predicted octanol–water partition coefficient (Wildman–Crippen LogP) is 4.40. The zero-order valence-electron chi connectivity index (χ0n) is 17.1. The SMILES string of the molecule is O=C(Nc1cccc(-c2ccnc(Nc3cnc(C4CCNCC4)s3)n2)c1)[C@@H]1CC1(F)F. The van der Waals surface area contributed by atoms with Gasteiger partial charge in [-0.1, -0.05) is 12.1 Å². The first kappa shape index (κ1) is 20.9. The van der Waals surface area contributed by atoms with Crippen LogP contribution in [0.3, 0.4) is 0 Å². The highest BCUT2D eigenvalue weighted by Gasteiger charge is 2.61. The van der Waals surface area contributed by atoms with Crippen molar-refractivity contribution in [2.24, 2.45) is 5.92 Å². The highest BCUT2D eigenvalue weighted by molar-refractivity contribution is 7.15. The van der Waals surface area contributed by atoms with Gasteiger partial charge in [-0.25, -0.2) is 23.7 Å². The number of carbonyl (C=O) groups excluding carboxylic acids is 1. The summed E-state index contributed by atoms with van der Waals surface area (Å²) in [6.07, 6.45) is 5.24. The van der Waals surface area contributed by atoms with Crippen LogP contribution in [0, 0.1) is 5.92 Å². The van der Waals surface area contributed by atoms with E-state index in [-0.39, 0.29) is 0 Å². The third-order valence-electron chi connectivity index (χ3n) is 5.67. The Morgan fingerprint density at radius 2 is 2.00 bits per heavy atom. The number of thiazole rings is 1. The number of amides is 1. The molecule has 0 spiro atoms. The van der Waals surface area contributed by atoms with Crippen LogP contribution in [0.2, 0.25) is 0 Å².